The van der Waals surface area contributed by atoms with E-state index in [9.17, 15) is 9.18 Å². The Hall–Kier alpha value is -1.42. The lowest BCUT2D eigenvalue weighted by Crippen LogP contribution is -2.22. The van der Waals surface area contributed by atoms with Crippen LogP contribution >= 0.6 is 0 Å². The summed E-state index contributed by atoms with van der Waals surface area (Å²) < 4.78 is 17.9. The van der Waals surface area contributed by atoms with Gasteiger partial charge in [0.1, 0.15) is 5.82 Å². The van der Waals surface area contributed by atoms with Crippen LogP contribution in [0.4, 0.5) is 4.39 Å². The maximum atomic E-state index is 13.5. The van der Waals surface area contributed by atoms with Crippen molar-refractivity contribution in [1.82, 2.24) is 5.32 Å². The fourth-order valence-electron chi connectivity index (χ4n) is 1.27. The number of benzene rings is 1. The van der Waals surface area contributed by atoms with Crippen LogP contribution in [0.2, 0.25) is 0 Å². The molecule has 1 aromatic carbocycles. The van der Waals surface area contributed by atoms with E-state index in [1.54, 1.807) is 6.07 Å². The van der Waals surface area contributed by atoms with Gasteiger partial charge in [-0.3, -0.25) is 0 Å². The van der Waals surface area contributed by atoms with Crippen molar-refractivity contribution in [3.05, 3.63) is 35.1 Å². The first-order chi connectivity index (χ1) is 7.54. The lowest BCUT2D eigenvalue weighted by atomic mass is 10.1. The third-order valence-corrected chi connectivity index (χ3v) is 2.15. The van der Waals surface area contributed by atoms with Gasteiger partial charge in [-0.2, -0.15) is 0 Å². The molecule has 0 radical (unpaired) electrons. The third-order valence-electron chi connectivity index (χ3n) is 2.15. The van der Waals surface area contributed by atoms with E-state index in [1.807, 2.05) is 13.8 Å². The Morgan fingerprint density at radius 1 is 1.50 bits per heavy atom. The molecule has 0 atom stereocenters. The Bertz CT molecular complexity index is 377. The molecule has 0 aliphatic carbocycles. The van der Waals surface area contributed by atoms with Crippen molar-refractivity contribution < 1.29 is 13.9 Å². The fraction of sp³-hybridized carbons (Fsp3) is 0.417. The van der Waals surface area contributed by atoms with Crippen LogP contribution in [0, 0.1) is 5.82 Å². The zero-order valence-corrected chi connectivity index (χ0v) is 9.71. The van der Waals surface area contributed by atoms with Crippen LogP contribution in [0.1, 0.15) is 29.8 Å². The van der Waals surface area contributed by atoms with Gasteiger partial charge in [0.05, 0.1) is 12.7 Å². The second kappa shape index (κ2) is 5.61. The second-order valence-corrected chi connectivity index (χ2v) is 3.84. The lowest BCUT2D eigenvalue weighted by molar-refractivity contribution is 0.0595. The van der Waals surface area contributed by atoms with Gasteiger partial charge in [0.25, 0.3) is 0 Å². The molecule has 88 valence electrons. The quantitative estimate of drug-likeness (QED) is 0.797. The average Bonchev–Trinajstić information content (AvgIpc) is 2.25. The van der Waals surface area contributed by atoms with Gasteiger partial charge < -0.3 is 10.1 Å². The molecular weight excluding hydrogens is 209 g/mol. The van der Waals surface area contributed by atoms with Crippen molar-refractivity contribution in [2.75, 3.05) is 7.11 Å². The zero-order chi connectivity index (χ0) is 12.1. The molecule has 16 heavy (non-hydrogen) atoms. The molecule has 0 aliphatic rings. The molecule has 0 unspecified atom stereocenters. The molecule has 0 aromatic heterocycles. The molecule has 4 heteroatoms. The van der Waals surface area contributed by atoms with Crippen LogP contribution in [0.15, 0.2) is 18.2 Å². The minimum absolute atomic E-state index is 0.0317. The van der Waals surface area contributed by atoms with Gasteiger partial charge in [0.15, 0.2) is 0 Å². The summed E-state index contributed by atoms with van der Waals surface area (Å²) in [5, 5.41) is 3.17. The summed E-state index contributed by atoms with van der Waals surface area (Å²) in [5.41, 5.74) is 0.773. The standard InChI is InChI=1S/C12H16FNO2/c1-8(2)14-7-9-4-5-10(11(13)6-9)12(15)16-3/h4-6,8,14H,7H2,1-3H3. The highest BCUT2D eigenvalue weighted by molar-refractivity contribution is 5.89. The molecule has 0 bridgehead atoms. The minimum atomic E-state index is -0.652. The number of halogens is 1. The molecule has 0 heterocycles. The van der Waals surface area contributed by atoms with E-state index >= 15 is 0 Å². The van der Waals surface area contributed by atoms with E-state index in [4.69, 9.17) is 0 Å². The van der Waals surface area contributed by atoms with Gasteiger partial charge in [0, 0.05) is 12.6 Å². The van der Waals surface area contributed by atoms with E-state index in [-0.39, 0.29) is 5.56 Å². The number of hydrogen-bond donors (Lipinski definition) is 1. The second-order valence-electron chi connectivity index (χ2n) is 3.84. The monoisotopic (exact) mass is 225 g/mol. The molecule has 0 amide bonds. The Kier molecular flexibility index (Phi) is 4.43. The van der Waals surface area contributed by atoms with E-state index in [0.717, 1.165) is 5.56 Å². The summed E-state index contributed by atoms with van der Waals surface area (Å²) in [6.45, 7) is 4.61. The zero-order valence-electron chi connectivity index (χ0n) is 9.71. The number of carbonyl (C=O) groups is 1. The maximum Gasteiger partial charge on any atom is 0.340 e. The maximum absolute atomic E-state index is 13.5. The number of hydrogen-bond acceptors (Lipinski definition) is 3. The predicted molar refractivity (Wildman–Crippen MR) is 59.7 cm³/mol. The molecule has 1 rings (SSSR count). The van der Waals surface area contributed by atoms with Crippen molar-refractivity contribution in [2.45, 2.75) is 26.4 Å². The van der Waals surface area contributed by atoms with Gasteiger partial charge in [-0.1, -0.05) is 19.9 Å². The molecule has 0 aliphatic heterocycles. The number of rotatable bonds is 4. The lowest BCUT2D eigenvalue weighted by Gasteiger charge is -2.09. The molecule has 0 spiro atoms. The number of ether oxygens (including phenoxy) is 1. The van der Waals surface area contributed by atoms with Crippen molar-refractivity contribution in [1.29, 1.82) is 0 Å². The first-order valence-electron chi connectivity index (χ1n) is 5.14. The minimum Gasteiger partial charge on any atom is -0.465 e. The van der Waals surface area contributed by atoms with Gasteiger partial charge in [-0.25, -0.2) is 9.18 Å². The highest BCUT2D eigenvalue weighted by Gasteiger charge is 2.11. The topological polar surface area (TPSA) is 38.3 Å². The molecule has 1 aromatic rings. The predicted octanol–water partition coefficient (Wildman–Crippen LogP) is 2.11. The van der Waals surface area contributed by atoms with Crippen molar-refractivity contribution >= 4 is 5.97 Å². The Balaban J connectivity index is 2.78. The van der Waals surface area contributed by atoms with Crippen LogP contribution < -0.4 is 5.32 Å². The summed E-state index contributed by atoms with van der Waals surface area (Å²) in [7, 11) is 1.23. The SMILES string of the molecule is COC(=O)c1ccc(CNC(C)C)cc1F. The summed E-state index contributed by atoms with van der Waals surface area (Å²) in [6.07, 6.45) is 0. The van der Waals surface area contributed by atoms with Gasteiger partial charge in [-0.05, 0) is 17.7 Å². The molecule has 3 nitrogen and oxygen atoms in total. The molecule has 0 saturated heterocycles. The van der Waals surface area contributed by atoms with E-state index in [2.05, 4.69) is 10.1 Å². The first-order valence-corrected chi connectivity index (χ1v) is 5.14. The van der Waals surface area contributed by atoms with Crippen LogP contribution in [0.25, 0.3) is 0 Å². The highest BCUT2D eigenvalue weighted by atomic mass is 19.1. The fourth-order valence-corrected chi connectivity index (χ4v) is 1.27. The van der Waals surface area contributed by atoms with Crippen LogP contribution in [-0.4, -0.2) is 19.1 Å². The van der Waals surface area contributed by atoms with E-state index in [0.29, 0.717) is 12.6 Å². The van der Waals surface area contributed by atoms with Gasteiger partial charge in [-0.15, -0.1) is 0 Å². The average molecular weight is 225 g/mol. The van der Waals surface area contributed by atoms with Crippen LogP contribution in [0.5, 0.6) is 0 Å². The Labute approximate surface area is 94.6 Å². The normalized spacial score (nSPS) is 10.6. The largest absolute Gasteiger partial charge is 0.465 e. The van der Waals surface area contributed by atoms with Crippen LogP contribution in [-0.2, 0) is 11.3 Å². The van der Waals surface area contributed by atoms with Crippen molar-refractivity contribution in [3.8, 4) is 0 Å². The van der Waals surface area contributed by atoms with Gasteiger partial charge in [0.2, 0.25) is 0 Å². The van der Waals surface area contributed by atoms with Crippen molar-refractivity contribution in [2.24, 2.45) is 0 Å². The number of methoxy groups -OCH3 is 1. The van der Waals surface area contributed by atoms with Crippen molar-refractivity contribution in [3.63, 3.8) is 0 Å². The smallest absolute Gasteiger partial charge is 0.340 e. The molecule has 0 saturated carbocycles. The number of nitrogens with one attached hydrogen (secondary N) is 1. The van der Waals surface area contributed by atoms with E-state index < -0.39 is 11.8 Å². The Morgan fingerprint density at radius 2 is 2.19 bits per heavy atom. The van der Waals surface area contributed by atoms with Gasteiger partial charge >= 0.3 is 5.97 Å². The molecular formula is C12H16FNO2. The summed E-state index contributed by atoms with van der Waals surface area (Å²) in [5.74, 6) is -1.20. The first kappa shape index (κ1) is 12.6. The van der Waals surface area contributed by atoms with E-state index in [1.165, 1.54) is 19.2 Å². The molecule has 1 N–H and O–H groups in total. The summed E-state index contributed by atoms with van der Waals surface area (Å²) in [4.78, 5) is 11.1. The Morgan fingerprint density at radius 3 is 2.69 bits per heavy atom. The number of esters is 1. The molecule has 0 fully saturated rings. The summed E-state index contributed by atoms with van der Waals surface area (Å²) >= 11 is 0. The summed E-state index contributed by atoms with van der Waals surface area (Å²) in [6, 6.07) is 4.84. The van der Waals surface area contributed by atoms with Crippen LogP contribution in [0.3, 0.4) is 0 Å². The number of carbonyl (C=O) groups excluding carboxylic acids is 1. The highest BCUT2D eigenvalue weighted by Crippen LogP contribution is 2.11. The third kappa shape index (κ3) is 3.31.